The van der Waals surface area contributed by atoms with Crippen LogP contribution in [-0.2, 0) is 0 Å². The Bertz CT molecular complexity index is 610. The summed E-state index contributed by atoms with van der Waals surface area (Å²) in [5.41, 5.74) is 2.84. The molecule has 2 N–H and O–H groups in total. The topological polar surface area (TPSA) is 54.0 Å². The maximum Gasteiger partial charge on any atom is 0.255 e. The number of hydrogen-bond acceptors (Lipinski definition) is 3. The fraction of sp³-hybridized carbons (Fsp3) is 0.250. The molecule has 0 fully saturated rings. The molecule has 0 aliphatic rings. The molecule has 1 heterocycles. The molecule has 0 spiro atoms. The number of rotatable bonds is 4. The number of carbonyl (C=O) groups is 1. The monoisotopic (exact) mass is 269 g/mol. The van der Waals surface area contributed by atoms with E-state index in [9.17, 15) is 4.79 Å². The molecule has 2 aromatic rings. The van der Waals surface area contributed by atoms with Gasteiger partial charge in [0, 0.05) is 13.2 Å². The van der Waals surface area contributed by atoms with Crippen LogP contribution in [-0.4, -0.2) is 17.9 Å². The summed E-state index contributed by atoms with van der Waals surface area (Å²) in [6.45, 7) is 4.02. The first-order chi connectivity index (χ1) is 9.63. The lowest BCUT2D eigenvalue weighted by molar-refractivity contribution is 0.0940. The van der Waals surface area contributed by atoms with Crippen molar-refractivity contribution in [1.82, 2.24) is 10.3 Å². The van der Waals surface area contributed by atoms with Gasteiger partial charge < -0.3 is 10.6 Å². The smallest absolute Gasteiger partial charge is 0.255 e. The van der Waals surface area contributed by atoms with Crippen LogP contribution in [0, 0.1) is 6.92 Å². The second-order valence-corrected chi connectivity index (χ2v) is 4.70. The lowest BCUT2D eigenvalue weighted by atomic mass is 10.0. The Hall–Kier alpha value is -2.36. The molecular formula is C16H19N3O. The first kappa shape index (κ1) is 14.1. The molecule has 4 nitrogen and oxygen atoms in total. The van der Waals surface area contributed by atoms with Gasteiger partial charge in [-0.05, 0) is 37.1 Å². The maximum atomic E-state index is 12.3. The van der Waals surface area contributed by atoms with Gasteiger partial charge in [-0.1, -0.05) is 24.3 Å². The minimum atomic E-state index is -0.127. The van der Waals surface area contributed by atoms with Crippen LogP contribution in [0.5, 0.6) is 0 Å². The number of nitrogens with one attached hydrogen (secondary N) is 2. The molecule has 20 heavy (non-hydrogen) atoms. The zero-order valence-electron chi connectivity index (χ0n) is 12.0. The third kappa shape index (κ3) is 2.96. The standard InChI is InChI=1S/C16H19N3O/c1-11-7-4-5-8-13(11)12(2)19-16(20)14-9-6-10-18-15(14)17-3/h4-10,12H,1-3H3,(H,17,18)(H,19,20). The lowest BCUT2D eigenvalue weighted by Crippen LogP contribution is -2.28. The van der Waals surface area contributed by atoms with Gasteiger partial charge in [-0.25, -0.2) is 4.98 Å². The largest absolute Gasteiger partial charge is 0.372 e. The normalized spacial score (nSPS) is 11.8. The van der Waals surface area contributed by atoms with Gasteiger partial charge in [-0.3, -0.25) is 4.79 Å². The van der Waals surface area contributed by atoms with Crippen molar-refractivity contribution in [2.75, 3.05) is 12.4 Å². The molecule has 0 saturated heterocycles. The predicted octanol–water partition coefficient (Wildman–Crippen LogP) is 2.92. The molecule has 104 valence electrons. The number of hydrogen-bond donors (Lipinski definition) is 2. The Morgan fingerprint density at radius 3 is 2.65 bits per heavy atom. The molecule has 1 aromatic carbocycles. The highest BCUT2D eigenvalue weighted by atomic mass is 16.1. The van der Waals surface area contributed by atoms with Crippen LogP contribution in [0.15, 0.2) is 42.6 Å². The zero-order chi connectivity index (χ0) is 14.5. The highest BCUT2D eigenvalue weighted by Crippen LogP contribution is 2.18. The van der Waals surface area contributed by atoms with E-state index in [0.717, 1.165) is 5.56 Å². The van der Waals surface area contributed by atoms with Gasteiger partial charge >= 0.3 is 0 Å². The van der Waals surface area contributed by atoms with Gasteiger partial charge in [0.25, 0.3) is 5.91 Å². The fourth-order valence-corrected chi connectivity index (χ4v) is 2.21. The first-order valence-electron chi connectivity index (χ1n) is 6.62. The number of nitrogens with zero attached hydrogens (tertiary/aromatic N) is 1. The summed E-state index contributed by atoms with van der Waals surface area (Å²) in [6.07, 6.45) is 1.66. The summed E-state index contributed by atoms with van der Waals surface area (Å²) >= 11 is 0. The quantitative estimate of drug-likeness (QED) is 0.897. The molecule has 0 bridgehead atoms. The summed E-state index contributed by atoms with van der Waals surface area (Å²) in [7, 11) is 1.75. The third-order valence-electron chi connectivity index (χ3n) is 3.29. The van der Waals surface area contributed by atoms with E-state index >= 15 is 0 Å². The van der Waals surface area contributed by atoms with Crippen molar-refractivity contribution in [2.45, 2.75) is 19.9 Å². The Morgan fingerprint density at radius 1 is 1.20 bits per heavy atom. The summed E-state index contributed by atoms with van der Waals surface area (Å²) in [5.74, 6) is 0.459. The molecule has 2 rings (SSSR count). The van der Waals surface area contributed by atoms with Gasteiger partial charge in [0.2, 0.25) is 0 Å². The Morgan fingerprint density at radius 2 is 1.95 bits per heavy atom. The molecule has 4 heteroatoms. The van der Waals surface area contributed by atoms with Gasteiger partial charge in [-0.2, -0.15) is 0 Å². The molecular weight excluding hydrogens is 250 g/mol. The van der Waals surface area contributed by atoms with Crippen LogP contribution in [0.3, 0.4) is 0 Å². The third-order valence-corrected chi connectivity index (χ3v) is 3.29. The van der Waals surface area contributed by atoms with Crippen LogP contribution in [0.1, 0.15) is 34.5 Å². The summed E-state index contributed by atoms with van der Waals surface area (Å²) in [5, 5.41) is 5.94. The number of pyridine rings is 1. The number of amides is 1. The van der Waals surface area contributed by atoms with Crippen molar-refractivity contribution in [3.05, 3.63) is 59.3 Å². The molecule has 1 unspecified atom stereocenters. The van der Waals surface area contributed by atoms with Crippen molar-refractivity contribution in [3.8, 4) is 0 Å². The van der Waals surface area contributed by atoms with Gasteiger partial charge in [0.15, 0.2) is 0 Å². The van der Waals surface area contributed by atoms with Crippen LogP contribution in [0.25, 0.3) is 0 Å². The van der Waals surface area contributed by atoms with Crippen LogP contribution < -0.4 is 10.6 Å². The SMILES string of the molecule is CNc1ncccc1C(=O)NC(C)c1ccccc1C. The van der Waals surface area contributed by atoms with Crippen molar-refractivity contribution in [3.63, 3.8) is 0 Å². The average molecular weight is 269 g/mol. The summed E-state index contributed by atoms with van der Waals surface area (Å²) in [6, 6.07) is 11.5. The van der Waals surface area contributed by atoms with E-state index in [-0.39, 0.29) is 11.9 Å². The van der Waals surface area contributed by atoms with E-state index in [2.05, 4.69) is 15.6 Å². The zero-order valence-corrected chi connectivity index (χ0v) is 12.0. The van der Waals surface area contributed by atoms with E-state index in [1.165, 1.54) is 5.56 Å². The van der Waals surface area contributed by atoms with Gasteiger partial charge in [0.05, 0.1) is 11.6 Å². The summed E-state index contributed by atoms with van der Waals surface area (Å²) in [4.78, 5) is 16.5. The molecule has 0 aliphatic heterocycles. The molecule has 1 amide bonds. The van der Waals surface area contributed by atoms with Crippen molar-refractivity contribution >= 4 is 11.7 Å². The second-order valence-electron chi connectivity index (χ2n) is 4.70. The number of aromatic nitrogens is 1. The number of aryl methyl sites for hydroxylation is 1. The van der Waals surface area contributed by atoms with Crippen molar-refractivity contribution < 1.29 is 4.79 Å². The molecule has 1 aromatic heterocycles. The molecule has 1 atom stereocenters. The van der Waals surface area contributed by atoms with Crippen molar-refractivity contribution in [1.29, 1.82) is 0 Å². The Balaban J connectivity index is 2.18. The Labute approximate surface area is 119 Å². The minimum Gasteiger partial charge on any atom is -0.372 e. The predicted molar refractivity (Wildman–Crippen MR) is 80.8 cm³/mol. The fourth-order valence-electron chi connectivity index (χ4n) is 2.21. The van der Waals surface area contributed by atoms with E-state index in [0.29, 0.717) is 11.4 Å². The van der Waals surface area contributed by atoms with Gasteiger partial charge in [0.1, 0.15) is 5.82 Å². The minimum absolute atomic E-state index is 0.0476. The molecule has 0 saturated carbocycles. The maximum absolute atomic E-state index is 12.3. The number of anilines is 1. The van der Waals surface area contributed by atoms with E-state index in [1.54, 1.807) is 25.4 Å². The van der Waals surface area contributed by atoms with Gasteiger partial charge in [-0.15, -0.1) is 0 Å². The van der Waals surface area contributed by atoms with E-state index in [4.69, 9.17) is 0 Å². The number of carbonyl (C=O) groups excluding carboxylic acids is 1. The first-order valence-corrected chi connectivity index (χ1v) is 6.62. The molecule has 0 aliphatic carbocycles. The van der Waals surface area contributed by atoms with Crippen LogP contribution in [0.2, 0.25) is 0 Å². The number of benzene rings is 1. The van der Waals surface area contributed by atoms with Crippen LogP contribution >= 0.6 is 0 Å². The average Bonchev–Trinajstić information content (AvgIpc) is 2.47. The van der Waals surface area contributed by atoms with Crippen molar-refractivity contribution in [2.24, 2.45) is 0 Å². The molecule has 0 radical (unpaired) electrons. The lowest BCUT2D eigenvalue weighted by Gasteiger charge is -2.17. The summed E-state index contributed by atoms with van der Waals surface area (Å²) < 4.78 is 0. The van der Waals surface area contributed by atoms with E-state index < -0.39 is 0 Å². The van der Waals surface area contributed by atoms with Crippen LogP contribution in [0.4, 0.5) is 5.82 Å². The Kier molecular flexibility index (Phi) is 4.35. The second kappa shape index (κ2) is 6.19. The highest BCUT2D eigenvalue weighted by Gasteiger charge is 2.15. The highest BCUT2D eigenvalue weighted by molar-refractivity contribution is 5.98. The van der Waals surface area contributed by atoms with E-state index in [1.807, 2.05) is 38.1 Å².